The number of ether oxygens (including phenoxy) is 4. The van der Waals surface area contributed by atoms with Gasteiger partial charge in [-0.15, -0.1) is 0 Å². The molecule has 2 saturated heterocycles. The van der Waals surface area contributed by atoms with E-state index in [0.29, 0.717) is 5.90 Å². The zero-order valence-corrected chi connectivity index (χ0v) is 13.5. The maximum atomic E-state index is 10.4. The Kier molecular flexibility index (Phi) is 5.58. The van der Waals surface area contributed by atoms with Crippen LogP contribution in [0.1, 0.15) is 6.92 Å². The highest BCUT2D eigenvalue weighted by Crippen LogP contribution is 2.33. The number of aliphatic hydroxyl groups is 6. The van der Waals surface area contributed by atoms with Crippen molar-refractivity contribution in [1.82, 2.24) is 0 Å². The lowest BCUT2D eigenvalue weighted by Gasteiger charge is -2.44. The van der Waals surface area contributed by atoms with Crippen molar-refractivity contribution in [2.45, 2.75) is 68.3 Å². The predicted molar refractivity (Wildman–Crippen MR) is 78.4 cm³/mol. The van der Waals surface area contributed by atoms with Crippen LogP contribution in [-0.4, -0.2) is 111 Å². The summed E-state index contributed by atoms with van der Waals surface area (Å²) in [7, 11) is 0. The topological polar surface area (TPSA) is 171 Å². The van der Waals surface area contributed by atoms with Gasteiger partial charge in [0.15, 0.2) is 12.2 Å². The summed E-state index contributed by atoms with van der Waals surface area (Å²) < 4.78 is 21.7. The molecule has 144 valence electrons. The van der Waals surface area contributed by atoms with Gasteiger partial charge in [0, 0.05) is 6.92 Å². The smallest absolute Gasteiger partial charge is 0.227 e. The van der Waals surface area contributed by atoms with Crippen molar-refractivity contribution >= 4 is 5.90 Å². The number of rotatable bonds is 4. The zero-order valence-electron chi connectivity index (χ0n) is 13.5. The summed E-state index contributed by atoms with van der Waals surface area (Å²) >= 11 is 0. The number of aliphatic hydroxyl groups excluding tert-OH is 6. The standard InChI is InChI=1S/C14H23NO10/c1-4-15-7-12(9(19)6(3-17)23-13(7)22-4)25-14-11(21)10(20)8(18)5(2-16)24-14/h5-14,16-21H,2-3H2,1H3. The molecule has 0 aromatic heterocycles. The lowest BCUT2D eigenvalue weighted by Crippen LogP contribution is -2.63. The molecule has 0 spiro atoms. The van der Waals surface area contributed by atoms with E-state index in [9.17, 15) is 30.6 Å². The van der Waals surface area contributed by atoms with Crippen molar-refractivity contribution in [2.24, 2.45) is 4.99 Å². The summed E-state index contributed by atoms with van der Waals surface area (Å²) in [5.41, 5.74) is 0. The lowest BCUT2D eigenvalue weighted by molar-refractivity contribution is -0.336. The van der Waals surface area contributed by atoms with Gasteiger partial charge >= 0.3 is 0 Å². The predicted octanol–water partition coefficient (Wildman–Crippen LogP) is -3.93. The van der Waals surface area contributed by atoms with Crippen molar-refractivity contribution in [3.05, 3.63) is 0 Å². The SMILES string of the molecule is CC1=NC2C(O1)OC(CO)C(O)C2OC1OC(CO)C(O)C(O)C1O. The molecule has 25 heavy (non-hydrogen) atoms. The van der Waals surface area contributed by atoms with Crippen LogP contribution in [-0.2, 0) is 18.9 Å². The van der Waals surface area contributed by atoms with Crippen LogP contribution in [0.5, 0.6) is 0 Å². The normalized spacial score (nSPS) is 50.1. The number of hydrogen-bond acceptors (Lipinski definition) is 11. The first-order chi connectivity index (χ1) is 11.9. The monoisotopic (exact) mass is 365 g/mol. The van der Waals surface area contributed by atoms with Gasteiger partial charge in [0.05, 0.1) is 13.2 Å². The third-order valence-corrected chi connectivity index (χ3v) is 4.58. The van der Waals surface area contributed by atoms with Crippen LogP contribution in [0.3, 0.4) is 0 Å². The van der Waals surface area contributed by atoms with Crippen molar-refractivity contribution in [1.29, 1.82) is 0 Å². The molecule has 2 fully saturated rings. The third-order valence-electron chi connectivity index (χ3n) is 4.58. The summed E-state index contributed by atoms with van der Waals surface area (Å²) in [5.74, 6) is 0.309. The molecule has 3 heterocycles. The molecule has 3 aliphatic rings. The fraction of sp³-hybridized carbons (Fsp3) is 0.929. The third kappa shape index (κ3) is 3.39. The summed E-state index contributed by atoms with van der Waals surface area (Å²) in [4.78, 5) is 4.18. The van der Waals surface area contributed by atoms with Gasteiger partial charge in [0.2, 0.25) is 6.29 Å². The first-order valence-corrected chi connectivity index (χ1v) is 7.98. The highest BCUT2D eigenvalue weighted by Gasteiger charge is 2.53. The Morgan fingerprint density at radius 1 is 0.920 bits per heavy atom. The van der Waals surface area contributed by atoms with Crippen LogP contribution in [0.4, 0.5) is 0 Å². The van der Waals surface area contributed by atoms with Gasteiger partial charge in [-0.2, -0.15) is 0 Å². The molecule has 10 atom stereocenters. The largest absolute Gasteiger partial charge is 0.450 e. The molecular formula is C14H23NO10. The molecule has 6 N–H and O–H groups in total. The van der Waals surface area contributed by atoms with E-state index in [-0.39, 0.29) is 0 Å². The Hall–Kier alpha value is -0.890. The first kappa shape index (κ1) is 18.9. The van der Waals surface area contributed by atoms with E-state index in [4.69, 9.17) is 18.9 Å². The van der Waals surface area contributed by atoms with Crippen LogP contribution in [0.2, 0.25) is 0 Å². The second-order valence-corrected chi connectivity index (χ2v) is 6.27. The molecule has 0 aliphatic carbocycles. The van der Waals surface area contributed by atoms with Gasteiger partial charge in [-0.3, -0.25) is 0 Å². The Labute approximate surface area is 143 Å². The van der Waals surface area contributed by atoms with E-state index in [0.717, 1.165) is 0 Å². The van der Waals surface area contributed by atoms with Gasteiger partial charge in [-0.25, -0.2) is 4.99 Å². The molecule has 3 aliphatic heterocycles. The van der Waals surface area contributed by atoms with Crippen LogP contribution >= 0.6 is 0 Å². The summed E-state index contributed by atoms with van der Waals surface area (Å²) in [6.07, 6.45) is -11.6. The van der Waals surface area contributed by atoms with E-state index in [1.54, 1.807) is 6.92 Å². The fourth-order valence-corrected chi connectivity index (χ4v) is 3.19. The Morgan fingerprint density at radius 2 is 1.56 bits per heavy atom. The van der Waals surface area contributed by atoms with Gasteiger partial charge in [-0.05, 0) is 0 Å². The molecule has 0 radical (unpaired) electrons. The van der Waals surface area contributed by atoms with Gasteiger partial charge in [0.1, 0.15) is 48.8 Å². The number of nitrogens with zero attached hydrogens (tertiary/aromatic N) is 1. The molecule has 0 aromatic rings. The molecule has 0 amide bonds. The van der Waals surface area contributed by atoms with E-state index >= 15 is 0 Å². The number of fused-ring (bicyclic) bond motifs is 1. The van der Waals surface area contributed by atoms with E-state index in [1.807, 2.05) is 0 Å². The minimum atomic E-state index is -1.62. The summed E-state index contributed by atoms with van der Waals surface area (Å²) in [6.45, 7) is 0.487. The molecule has 0 aromatic carbocycles. The van der Waals surface area contributed by atoms with E-state index in [1.165, 1.54) is 0 Å². The molecule has 0 saturated carbocycles. The van der Waals surface area contributed by atoms with Gasteiger partial charge in [0.25, 0.3) is 0 Å². The van der Waals surface area contributed by atoms with Gasteiger partial charge < -0.3 is 49.6 Å². The Bertz CT molecular complexity index is 502. The van der Waals surface area contributed by atoms with Crippen molar-refractivity contribution < 1.29 is 49.6 Å². The molecule has 10 unspecified atom stereocenters. The molecular weight excluding hydrogens is 342 g/mol. The van der Waals surface area contributed by atoms with Crippen molar-refractivity contribution in [3.63, 3.8) is 0 Å². The van der Waals surface area contributed by atoms with Crippen LogP contribution in [0.25, 0.3) is 0 Å². The quantitative estimate of drug-likeness (QED) is 0.289. The maximum Gasteiger partial charge on any atom is 0.227 e. The van der Waals surface area contributed by atoms with E-state index < -0.39 is 74.6 Å². The van der Waals surface area contributed by atoms with Crippen molar-refractivity contribution in [2.75, 3.05) is 13.2 Å². The molecule has 0 bridgehead atoms. The van der Waals surface area contributed by atoms with Crippen molar-refractivity contribution in [3.8, 4) is 0 Å². The maximum absolute atomic E-state index is 10.4. The second-order valence-electron chi connectivity index (χ2n) is 6.27. The Morgan fingerprint density at radius 3 is 2.20 bits per heavy atom. The molecule has 11 heteroatoms. The van der Waals surface area contributed by atoms with Crippen LogP contribution in [0.15, 0.2) is 4.99 Å². The van der Waals surface area contributed by atoms with Gasteiger partial charge in [-0.1, -0.05) is 0 Å². The number of hydrogen-bond donors (Lipinski definition) is 6. The number of aliphatic imine (C=N–C) groups is 1. The van der Waals surface area contributed by atoms with Crippen LogP contribution < -0.4 is 0 Å². The van der Waals surface area contributed by atoms with E-state index in [2.05, 4.69) is 4.99 Å². The molecule has 3 rings (SSSR count). The highest BCUT2D eigenvalue weighted by molar-refractivity contribution is 5.75. The molecule has 11 nitrogen and oxygen atoms in total. The minimum absolute atomic E-state index is 0.309. The summed E-state index contributed by atoms with van der Waals surface area (Å²) in [5, 5.41) is 58.7. The fourth-order valence-electron chi connectivity index (χ4n) is 3.19. The van der Waals surface area contributed by atoms with Crippen LogP contribution in [0, 0.1) is 0 Å². The average Bonchev–Trinajstić information content (AvgIpc) is 2.97. The zero-order chi connectivity index (χ0) is 18.3. The minimum Gasteiger partial charge on any atom is -0.450 e. The Balaban J connectivity index is 1.78. The average molecular weight is 365 g/mol. The highest BCUT2D eigenvalue weighted by atomic mass is 16.7. The first-order valence-electron chi connectivity index (χ1n) is 7.98. The lowest BCUT2D eigenvalue weighted by atomic mass is 9.96. The second kappa shape index (κ2) is 7.39. The summed E-state index contributed by atoms with van der Waals surface area (Å²) in [6, 6.07) is -0.773.